The topological polar surface area (TPSA) is 77.5 Å². The van der Waals surface area contributed by atoms with E-state index >= 15 is 0 Å². The van der Waals surface area contributed by atoms with Gasteiger partial charge in [-0.15, -0.1) is 0 Å². The van der Waals surface area contributed by atoms with E-state index in [0.717, 1.165) is 17.9 Å². The van der Waals surface area contributed by atoms with Crippen molar-refractivity contribution < 1.29 is 14.1 Å². The Morgan fingerprint density at radius 1 is 1.38 bits per heavy atom. The van der Waals surface area contributed by atoms with Crippen LogP contribution in [0.15, 0.2) is 40.8 Å². The van der Waals surface area contributed by atoms with Crippen LogP contribution in [-0.4, -0.2) is 11.0 Å². The summed E-state index contributed by atoms with van der Waals surface area (Å²) in [5.41, 5.74) is 0.870. The highest BCUT2D eigenvalue weighted by molar-refractivity contribution is 5.48. The Kier molecular flexibility index (Phi) is 4.81. The van der Waals surface area contributed by atoms with Crippen molar-refractivity contribution in [1.29, 1.82) is 0 Å². The minimum absolute atomic E-state index is 0.160. The molecular formula is C15H18N2O4. The zero-order chi connectivity index (χ0) is 15.2. The first-order valence-electron chi connectivity index (χ1n) is 6.82. The molecule has 1 aromatic carbocycles. The van der Waals surface area contributed by atoms with Gasteiger partial charge in [0.15, 0.2) is 0 Å². The van der Waals surface area contributed by atoms with Crippen LogP contribution in [0, 0.1) is 10.1 Å². The fourth-order valence-corrected chi connectivity index (χ4v) is 1.74. The molecule has 1 N–H and O–H groups in total. The number of rotatable bonds is 7. The predicted octanol–water partition coefficient (Wildman–Crippen LogP) is 3.98. The zero-order valence-corrected chi connectivity index (χ0v) is 12.0. The van der Waals surface area contributed by atoms with Crippen LogP contribution < -0.4 is 10.1 Å². The number of hydrogen-bond acceptors (Lipinski definition) is 5. The molecule has 0 aliphatic heterocycles. The molecule has 6 nitrogen and oxygen atoms in total. The monoisotopic (exact) mass is 290 g/mol. The SMILES string of the molecule is CCC(C)Oc1cccc(NCc2ccc([N+](=O)[O-])o2)c1. The summed E-state index contributed by atoms with van der Waals surface area (Å²) in [5.74, 6) is 1.05. The summed E-state index contributed by atoms with van der Waals surface area (Å²) in [6.45, 7) is 4.46. The zero-order valence-electron chi connectivity index (χ0n) is 12.0. The van der Waals surface area contributed by atoms with Crippen LogP contribution >= 0.6 is 0 Å². The van der Waals surface area contributed by atoms with Crippen molar-refractivity contribution in [1.82, 2.24) is 0 Å². The van der Waals surface area contributed by atoms with Gasteiger partial charge < -0.3 is 14.5 Å². The third-order valence-corrected chi connectivity index (χ3v) is 3.04. The summed E-state index contributed by atoms with van der Waals surface area (Å²) in [5, 5.41) is 13.7. The summed E-state index contributed by atoms with van der Waals surface area (Å²) < 4.78 is 10.8. The molecule has 0 radical (unpaired) electrons. The molecule has 1 heterocycles. The lowest BCUT2D eigenvalue weighted by molar-refractivity contribution is -0.402. The maximum atomic E-state index is 10.5. The van der Waals surface area contributed by atoms with Gasteiger partial charge in [-0.05, 0) is 31.5 Å². The van der Waals surface area contributed by atoms with Crippen molar-refractivity contribution in [2.24, 2.45) is 0 Å². The Labute approximate surface area is 122 Å². The molecule has 21 heavy (non-hydrogen) atoms. The Hall–Kier alpha value is -2.50. The Morgan fingerprint density at radius 3 is 2.86 bits per heavy atom. The molecule has 0 aliphatic carbocycles. The van der Waals surface area contributed by atoms with Gasteiger partial charge in [-0.3, -0.25) is 10.1 Å². The molecule has 0 bridgehead atoms. The third-order valence-electron chi connectivity index (χ3n) is 3.04. The summed E-state index contributed by atoms with van der Waals surface area (Å²) in [6.07, 6.45) is 1.10. The molecule has 2 aromatic rings. The maximum absolute atomic E-state index is 10.5. The molecule has 6 heteroatoms. The van der Waals surface area contributed by atoms with Crippen molar-refractivity contribution in [3.8, 4) is 5.75 Å². The fourth-order valence-electron chi connectivity index (χ4n) is 1.74. The van der Waals surface area contributed by atoms with Gasteiger partial charge in [-0.25, -0.2) is 0 Å². The molecular weight excluding hydrogens is 272 g/mol. The molecule has 1 atom stereocenters. The normalized spacial score (nSPS) is 11.9. The van der Waals surface area contributed by atoms with E-state index in [2.05, 4.69) is 12.2 Å². The molecule has 0 aliphatic rings. The average Bonchev–Trinajstić information content (AvgIpc) is 2.94. The van der Waals surface area contributed by atoms with Gasteiger partial charge in [0.1, 0.15) is 16.4 Å². The van der Waals surface area contributed by atoms with Gasteiger partial charge in [-0.1, -0.05) is 13.0 Å². The van der Waals surface area contributed by atoms with Crippen LogP contribution in [0.25, 0.3) is 0 Å². The number of anilines is 1. The number of nitrogens with zero attached hydrogens (tertiary/aromatic N) is 1. The number of furan rings is 1. The van der Waals surface area contributed by atoms with E-state index in [1.165, 1.54) is 6.07 Å². The van der Waals surface area contributed by atoms with Crippen LogP contribution in [0.4, 0.5) is 11.6 Å². The number of hydrogen-bond donors (Lipinski definition) is 1. The summed E-state index contributed by atoms with van der Waals surface area (Å²) in [7, 11) is 0. The van der Waals surface area contributed by atoms with Gasteiger partial charge in [-0.2, -0.15) is 0 Å². The number of ether oxygens (including phenoxy) is 1. The lowest BCUT2D eigenvalue weighted by Crippen LogP contribution is -2.09. The molecule has 1 aromatic heterocycles. The molecule has 2 rings (SSSR count). The molecule has 0 fully saturated rings. The summed E-state index contributed by atoms with van der Waals surface area (Å²) in [6, 6.07) is 10.5. The van der Waals surface area contributed by atoms with Crippen molar-refractivity contribution in [3.05, 3.63) is 52.3 Å². The van der Waals surface area contributed by atoms with Crippen LogP contribution in [0.5, 0.6) is 5.75 Å². The molecule has 0 spiro atoms. The number of nitrogens with one attached hydrogen (secondary N) is 1. The lowest BCUT2D eigenvalue weighted by atomic mass is 10.2. The summed E-state index contributed by atoms with van der Waals surface area (Å²) in [4.78, 5) is 9.99. The van der Waals surface area contributed by atoms with Crippen LogP contribution in [0.2, 0.25) is 0 Å². The minimum Gasteiger partial charge on any atom is -0.491 e. The second kappa shape index (κ2) is 6.78. The second-order valence-corrected chi connectivity index (χ2v) is 4.72. The highest BCUT2D eigenvalue weighted by Crippen LogP contribution is 2.21. The molecule has 1 unspecified atom stereocenters. The largest absolute Gasteiger partial charge is 0.491 e. The quantitative estimate of drug-likeness (QED) is 0.616. The fraction of sp³-hybridized carbons (Fsp3) is 0.333. The van der Waals surface area contributed by atoms with Crippen LogP contribution in [0.3, 0.4) is 0 Å². The van der Waals surface area contributed by atoms with E-state index in [1.807, 2.05) is 31.2 Å². The number of benzene rings is 1. The van der Waals surface area contributed by atoms with Gasteiger partial charge in [0, 0.05) is 11.8 Å². The van der Waals surface area contributed by atoms with Crippen molar-refractivity contribution in [2.75, 3.05) is 5.32 Å². The van der Waals surface area contributed by atoms with Crippen molar-refractivity contribution in [2.45, 2.75) is 32.9 Å². The Balaban J connectivity index is 1.96. The van der Waals surface area contributed by atoms with Gasteiger partial charge in [0.2, 0.25) is 0 Å². The first kappa shape index (κ1) is 14.9. The molecule has 0 saturated heterocycles. The van der Waals surface area contributed by atoms with E-state index in [0.29, 0.717) is 12.3 Å². The lowest BCUT2D eigenvalue weighted by Gasteiger charge is -2.13. The third kappa shape index (κ3) is 4.24. The van der Waals surface area contributed by atoms with Gasteiger partial charge in [0.05, 0.1) is 18.7 Å². The maximum Gasteiger partial charge on any atom is 0.433 e. The summed E-state index contributed by atoms with van der Waals surface area (Å²) >= 11 is 0. The predicted molar refractivity (Wildman–Crippen MR) is 79.5 cm³/mol. The van der Waals surface area contributed by atoms with Crippen molar-refractivity contribution in [3.63, 3.8) is 0 Å². The second-order valence-electron chi connectivity index (χ2n) is 4.72. The highest BCUT2D eigenvalue weighted by Gasteiger charge is 2.11. The van der Waals surface area contributed by atoms with E-state index < -0.39 is 4.92 Å². The van der Waals surface area contributed by atoms with Crippen LogP contribution in [-0.2, 0) is 6.54 Å². The first-order chi connectivity index (χ1) is 10.1. The van der Waals surface area contributed by atoms with Crippen LogP contribution in [0.1, 0.15) is 26.0 Å². The first-order valence-corrected chi connectivity index (χ1v) is 6.82. The highest BCUT2D eigenvalue weighted by atomic mass is 16.6. The van der Waals surface area contributed by atoms with E-state index in [-0.39, 0.29) is 12.0 Å². The Bertz CT molecular complexity index is 609. The van der Waals surface area contributed by atoms with E-state index in [4.69, 9.17) is 9.15 Å². The van der Waals surface area contributed by atoms with E-state index in [1.54, 1.807) is 6.07 Å². The molecule has 0 amide bonds. The van der Waals surface area contributed by atoms with Gasteiger partial charge >= 0.3 is 5.88 Å². The van der Waals surface area contributed by atoms with Crippen molar-refractivity contribution >= 4 is 11.6 Å². The minimum atomic E-state index is -0.551. The smallest absolute Gasteiger partial charge is 0.433 e. The molecule has 112 valence electrons. The standard InChI is InChI=1S/C15H18N2O4/c1-3-11(2)20-13-6-4-5-12(9-13)16-10-14-7-8-15(21-14)17(18)19/h4-9,11,16H,3,10H2,1-2H3. The number of nitro groups is 1. The van der Waals surface area contributed by atoms with E-state index in [9.17, 15) is 10.1 Å². The average molecular weight is 290 g/mol. The van der Waals surface area contributed by atoms with Gasteiger partial charge in [0.25, 0.3) is 0 Å². The Morgan fingerprint density at radius 2 is 2.19 bits per heavy atom. The molecule has 0 saturated carbocycles.